The van der Waals surface area contributed by atoms with Gasteiger partial charge in [0.25, 0.3) is 0 Å². The fourth-order valence-electron chi connectivity index (χ4n) is 11.1. The molecule has 2 saturated carbocycles. The molecule has 1 aromatic rings. The van der Waals surface area contributed by atoms with Crippen LogP contribution in [0, 0.1) is 23.2 Å². The van der Waals surface area contributed by atoms with Gasteiger partial charge >= 0.3 is 18.2 Å². The smallest absolute Gasteiger partial charge is 0.453 e. The molecule has 2 aliphatic heterocycles. The van der Waals surface area contributed by atoms with Crippen molar-refractivity contribution in [1.82, 2.24) is 15.3 Å². The number of hydroxylamine groups is 1. The molecule has 1 amide bonds. The maximum atomic E-state index is 13.3. The van der Waals surface area contributed by atoms with E-state index in [0.29, 0.717) is 60.7 Å². The van der Waals surface area contributed by atoms with E-state index < -0.39 is 36.1 Å². The number of ether oxygens (including phenoxy) is 2. The third-order valence-corrected chi connectivity index (χ3v) is 15.7. The first-order chi connectivity index (χ1) is 26.8. The molecule has 7 atom stereocenters. The molecule has 0 bridgehead atoms. The molecule has 2 unspecified atom stereocenters. The number of rotatable bonds is 17. The molecule has 1 aromatic carbocycles. The fourth-order valence-corrected chi connectivity index (χ4v) is 12.3. The summed E-state index contributed by atoms with van der Waals surface area (Å²) >= 11 is -1.38. The van der Waals surface area contributed by atoms with Crippen LogP contribution in [0.15, 0.2) is 18.2 Å². The van der Waals surface area contributed by atoms with Crippen LogP contribution in [0.4, 0.5) is 26.7 Å². The van der Waals surface area contributed by atoms with Crippen LogP contribution < -0.4 is 10.2 Å². The van der Waals surface area contributed by atoms with Gasteiger partial charge in [-0.15, -0.1) is 0 Å². The number of piperidine rings is 1. The van der Waals surface area contributed by atoms with Crippen molar-refractivity contribution in [2.45, 2.75) is 146 Å². The molecule has 2 heterocycles. The van der Waals surface area contributed by atoms with E-state index in [0.717, 1.165) is 116 Å². The number of amides is 1. The number of nitrogens with zero attached hydrogens (tertiary/aromatic N) is 2. The third kappa shape index (κ3) is 10.5. The summed E-state index contributed by atoms with van der Waals surface area (Å²) in [5.41, 5.74) is 5.44. The molecule has 56 heavy (non-hydrogen) atoms. The second-order valence-corrected chi connectivity index (χ2v) is 19.3. The first-order valence-corrected chi connectivity index (χ1v) is 22.9. The Bertz CT molecular complexity index is 1410. The highest BCUT2D eigenvalue weighted by Crippen LogP contribution is 2.62. The average molecular weight is 818 g/mol. The summed E-state index contributed by atoms with van der Waals surface area (Å²) < 4.78 is 86.9. The Morgan fingerprint density at radius 1 is 0.946 bits per heavy atom. The number of likely N-dealkylation sites (tertiary alicyclic amines) is 1. The first-order valence-electron chi connectivity index (χ1n) is 21.4. The number of carbonyl (C=O) groups excluding carboxylic acids is 1. The molecule has 14 heteroatoms. The Morgan fingerprint density at radius 3 is 2.32 bits per heavy atom. The van der Waals surface area contributed by atoms with E-state index in [4.69, 9.17) is 9.47 Å². The summed E-state index contributed by atoms with van der Waals surface area (Å²) in [6.07, 6.45) is 7.60. The Labute approximate surface area is 333 Å². The summed E-state index contributed by atoms with van der Waals surface area (Å²) in [4.78, 5) is 17.7. The quantitative estimate of drug-likeness (QED) is 0.0701. The normalized spacial score (nSPS) is 29.4. The van der Waals surface area contributed by atoms with Crippen LogP contribution in [-0.2, 0) is 22.3 Å². The number of benzene rings is 1. The zero-order valence-corrected chi connectivity index (χ0v) is 34.0. The number of hydrogen-bond acceptors (Lipinski definition) is 7. The molecule has 0 spiro atoms. The van der Waals surface area contributed by atoms with Gasteiger partial charge in [0.2, 0.25) is 0 Å². The lowest BCUT2D eigenvalue weighted by atomic mass is 9.52. The van der Waals surface area contributed by atoms with E-state index in [1.54, 1.807) is 0 Å². The number of fused-ring (bicyclic) bond motifs is 5. The molecule has 2 saturated heterocycles. The van der Waals surface area contributed by atoms with Gasteiger partial charge < -0.3 is 24.1 Å². The molecule has 0 aromatic heterocycles. The number of nitrogens with one attached hydrogen (secondary N) is 1. The van der Waals surface area contributed by atoms with E-state index in [2.05, 4.69) is 29.4 Å². The van der Waals surface area contributed by atoms with Crippen molar-refractivity contribution >= 4 is 17.3 Å². The van der Waals surface area contributed by atoms with E-state index in [1.165, 1.54) is 11.1 Å². The van der Waals surface area contributed by atoms with Gasteiger partial charge in [-0.1, -0.05) is 56.3 Å². The van der Waals surface area contributed by atoms with Crippen molar-refractivity contribution in [3.8, 4) is 5.75 Å². The van der Waals surface area contributed by atoms with E-state index in [-0.39, 0.29) is 23.3 Å². The van der Waals surface area contributed by atoms with Gasteiger partial charge in [0.1, 0.15) is 17.3 Å². The van der Waals surface area contributed by atoms with Gasteiger partial charge in [0, 0.05) is 44.7 Å². The summed E-state index contributed by atoms with van der Waals surface area (Å²) in [7, 11) is 0. The largest absolute Gasteiger partial charge is 0.616 e. The van der Waals surface area contributed by atoms with Crippen LogP contribution in [0.25, 0.3) is 0 Å². The van der Waals surface area contributed by atoms with Gasteiger partial charge in [0.05, 0.1) is 13.2 Å². The minimum Gasteiger partial charge on any atom is -0.616 e. The molecule has 4 fully saturated rings. The SMILES string of the molecule is C[C@]12CC[C@@H]3c4ccc(OC(=O)N5CCC(N6CCOCC6)CC5)cc4C[C@@H](CCCCCCCCC[S+]([O-])CCCC(F)(F)C(F)(F)F)[C@H]3[C@@H]1CCC2NO. The molecule has 2 N–H and O–H groups in total. The monoisotopic (exact) mass is 817 g/mol. The van der Waals surface area contributed by atoms with Crippen LogP contribution in [0.1, 0.15) is 127 Å². The van der Waals surface area contributed by atoms with Crippen molar-refractivity contribution in [2.24, 2.45) is 23.2 Å². The van der Waals surface area contributed by atoms with Gasteiger partial charge in [-0.3, -0.25) is 4.90 Å². The highest BCUT2D eigenvalue weighted by atomic mass is 32.2. The summed E-state index contributed by atoms with van der Waals surface area (Å²) in [6.45, 7) is 7.24. The maximum Gasteiger partial charge on any atom is 0.453 e. The Balaban J connectivity index is 0.971. The topological polar surface area (TPSA) is 97.3 Å². The molecule has 0 radical (unpaired) electrons. The summed E-state index contributed by atoms with van der Waals surface area (Å²) in [5, 5.41) is 10.1. The molecule has 3 aliphatic carbocycles. The molecular formula is C42H64F5N3O5S. The molecule has 6 rings (SSSR count). The van der Waals surface area contributed by atoms with Gasteiger partial charge in [-0.25, -0.2) is 10.3 Å². The molecule has 8 nitrogen and oxygen atoms in total. The number of unbranched alkanes of at least 4 members (excludes halogenated alkanes) is 6. The van der Waals surface area contributed by atoms with Gasteiger partial charge in [0.15, 0.2) is 0 Å². The Hall–Kier alpha value is -1.71. The first kappa shape index (κ1) is 43.9. The number of morpholine rings is 1. The standard InChI is InChI=1S/C42H64F5N3O5S/c1-40-19-15-35-34-12-11-33(55-39(51)50-20-16-32(17-21-50)49-22-24-54-25-23-49)29-31(34)28-30(38(35)36(40)13-14-37(40)48-52)10-7-5-3-2-4-6-8-26-56(53)27-9-18-41(43,44)42(45,46)47/h11-12,29-30,32,35-38,48,52H,2-10,13-28H2,1H3/t30-,35-,36+,37?,38-,40+,56?/m1/s1. The number of hydrogen-bond donors (Lipinski definition) is 2. The Morgan fingerprint density at radius 2 is 1.62 bits per heavy atom. The van der Waals surface area contributed by atoms with Crippen molar-refractivity contribution in [3.63, 3.8) is 0 Å². The number of carbonyl (C=O) groups is 1. The second-order valence-electron chi connectivity index (χ2n) is 17.6. The average Bonchev–Trinajstić information content (AvgIpc) is 3.53. The number of halogens is 5. The maximum absolute atomic E-state index is 13.3. The highest BCUT2D eigenvalue weighted by Gasteiger charge is 2.58. The lowest BCUT2D eigenvalue weighted by molar-refractivity contribution is -0.284. The third-order valence-electron chi connectivity index (χ3n) is 14.2. The van der Waals surface area contributed by atoms with Crippen LogP contribution >= 0.6 is 0 Å². The van der Waals surface area contributed by atoms with E-state index >= 15 is 0 Å². The molecular weight excluding hydrogens is 754 g/mol. The zero-order valence-electron chi connectivity index (χ0n) is 33.1. The predicted octanol–water partition coefficient (Wildman–Crippen LogP) is 9.26. The van der Waals surface area contributed by atoms with E-state index in [1.807, 2.05) is 11.0 Å². The fraction of sp³-hybridized carbons (Fsp3) is 0.833. The minimum absolute atomic E-state index is 0.0637. The number of alkyl halides is 5. The summed E-state index contributed by atoms with van der Waals surface area (Å²) in [5.74, 6) is -1.85. The van der Waals surface area contributed by atoms with Gasteiger partial charge in [-0.05, 0) is 123 Å². The lowest BCUT2D eigenvalue weighted by Gasteiger charge is -2.53. The predicted molar refractivity (Wildman–Crippen MR) is 207 cm³/mol. The van der Waals surface area contributed by atoms with Crippen LogP contribution in [0.5, 0.6) is 5.75 Å². The molecule has 318 valence electrons. The highest BCUT2D eigenvalue weighted by molar-refractivity contribution is 7.91. The van der Waals surface area contributed by atoms with Crippen LogP contribution in [-0.4, -0.2) is 101 Å². The van der Waals surface area contributed by atoms with Crippen molar-refractivity contribution < 1.29 is 46.0 Å². The Kier molecular flexibility index (Phi) is 15.3. The zero-order chi connectivity index (χ0) is 39.9. The summed E-state index contributed by atoms with van der Waals surface area (Å²) in [6, 6.07) is 6.95. The van der Waals surface area contributed by atoms with E-state index in [9.17, 15) is 36.5 Å². The lowest BCUT2D eigenvalue weighted by Crippen LogP contribution is -2.50. The van der Waals surface area contributed by atoms with Gasteiger partial charge in [-0.2, -0.15) is 22.0 Å². The second kappa shape index (κ2) is 19.6. The van der Waals surface area contributed by atoms with Crippen LogP contribution in [0.2, 0.25) is 0 Å². The van der Waals surface area contributed by atoms with Crippen molar-refractivity contribution in [3.05, 3.63) is 29.3 Å². The molecule has 5 aliphatic rings. The minimum atomic E-state index is -5.56. The van der Waals surface area contributed by atoms with Crippen molar-refractivity contribution in [1.29, 1.82) is 0 Å². The van der Waals surface area contributed by atoms with Crippen molar-refractivity contribution in [2.75, 3.05) is 50.9 Å². The van der Waals surface area contributed by atoms with Crippen LogP contribution in [0.3, 0.4) is 0 Å².